The SMILES string of the molecule is CCCCN(CC)CCNC(=O)[C@@H]1CCCN(c2nc(-c3ccc(OC)cc3)no2)C1. The van der Waals surface area contributed by atoms with Crippen LogP contribution in [-0.2, 0) is 4.79 Å². The quantitative estimate of drug-likeness (QED) is 0.587. The summed E-state index contributed by atoms with van der Waals surface area (Å²) in [4.78, 5) is 21.7. The maximum Gasteiger partial charge on any atom is 0.324 e. The fraction of sp³-hybridized carbons (Fsp3) is 0.609. The molecule has 1 atom stereocenters. The number of piperidine rings is 1. The van der Waals surface area contributed by atoms with E-state index >= 15 is 0 Å². The lowest BCUT2D eigenvalue weighted by molar-refractivity contribution is -0.125. The molecule has 0 radical (unpaired) electrons. The Bertz CT molecular complexity index is 808. The molecule has 31 heavy (non-hydrogen) atoms. The smallest absolute Gasteiger partial charge is 0.324 e. The summed E-state index contributed by atoms with van der Waals surface area (Å²) < 4.78 is 10.7. The Balaban J connectivity index is 1.52. The minimum Gasteiger partial charge on any atom is -0.497 e. The molecule has 0 spiro atoms. The highest BCUT2D eigenvalue weighted by Gasteiger charge is 2.28. The Morgan fingerprint density at radius 1 is 1.29 bits per heavy atom. The molecule has 1 amide bonds. The molecule has 1 aliphatic rings. The van der Waals surface area contributed by atoms with Gasteiger partial charge in [0.25, 0.3) is 0 Å². The van der Waals surface area contributed by atoms with Crippen molar-refractivity contribution < 1.29 is 14.1 Å². The molecule has 1 aliphatic heterocycles. The third-order valence-electron chi connectivity index (χ3n) is 5.83. The average Bonchev–Trinajstić information content (AvgIpc) is 3.31. The predicted molar refractivity (Wildman–Crippen MR) is 121 cm³/mol. The molecule has 2 heterocycles. The number of anilines is 1. The zero-order chi connectivity index (χ0) is 22.1. The fourth-order valence-corrected chi connectivity index (χ4v) is 3.86. The number of ether oxygens (including phenoxy) is 1. The Hall–Kier alpha value is -2.61. The molecule has 1 N–H and O–H groups in total. The largest absolute Gasteiger partial charge is 0.497 e. The molecule has 1 aromatic carbocycles. The highest BCUT2D eigenvalue weighted by Crippen LogP contribution is 2.25. The number of carbonyl (C=O) groups excluding carboxylic acids is 1. The van der Waals surface area contributed by atoms with E-state index in [2.05, 4.69) is 34.2 Å². The van der Waals surface area contributed by atoms with E-state index < -0.39 is 0 Å². The Morgan fingerprint density at radius 2 is 2.10 bits per heavy atom. The first-order valence-corrected chi connectivity index (χ1v) is 11.4. The number of amides is 1. The lowest BCUT2D eigenvalue weighted by Gasteiger charge is -2.30. The number of benzene rings is 1. The van der Waals surface area contributed by atoms with E-state index in [1.54, 1.807) is 7.11 Å². The van der Waals surface area contributed by atoms with Crippen molar-refractivity contribution in [2.45, 2.75) is 39.5 Å². The summed E-state index contributed by atoms with van der Waals surface area (Å²) in [6.07, 6.45) is 4.20. The van der Waals surface area contributed by atoms with Crippen LogP contribution < -0.4 is 15.0 Å². The molecule has 0 saturated carbocycles. The molecule has 1 fully saturated rings. The first-order valence-electron chi connectivity index (χ1n) is 11.4. The van der Waals surface area contributed by atoms with Crippen LogP contribution in [0.4, 0.5) is 6.01 Å². The van der Waals surface area contributed by atoms with Crippen molar-refractivity contribution in [2.24, 2.45) is 5.92 Å². The van der Waals surface area contributed by atoms with Crippen LogP contribution in [0.3, 0.4) is 0 Å². The summed E-state index contributed by atoms with van der Waals surface area (Å²) in [5, 5.41) is 7.24. The van der Waals surface area contributed by atoms with Gasteiger partial charge in [-0.3, -0.25) is 4.79 Å². The monoisotopic (exact) mass is 429 g/mol. The van der Waals surface area contributed by atoms with Gasteiger partial charge in [-0.05, 0) is 56.6 Å². The van der Waals surface area contributed by atoms with Crippen LogP contribution in [0, 0.1) is 5.92 Å². The highest BCUT2D eigenvalue weighted by atomic mass is 16.5. The van der Waals surface area contributed by atoms with Gasteiger partial charge in [-0.25, -0.2) is 0 Å². The molecule has 2 aromatic rings. The number of nitrogens with zero attached hydrogens (tertiary/aromatic N) is 4. The molecular formula is C23H35N5O3. The van der Waals surface area contributed by atoms with E-state index in [4.69, 9.17) is 9.26 Å². The number of hydrogen-bond acceptors (Lipinski definition) is 7. The normalized spacial score (nSPS) is 16.5. The van der Waals surface area contributed by atoms with Crippen molar-refractivity contribution in [2.75, 3.05) is 51.3 Å². The average molecular weight is 430 g/mol. The molecule has 3 rings (SSSR count). The van der Waals surface area contributed by atoms with Crippen molar-refractivity contribution in [1.29, 1.82) is 0 Å². The van der Waals surface area contributed by atoms with Gasteiger partial charge in [0, 0.05) is 31.7 Å². The first-order chi connectivity index (χ1) is 15.1. The van der Waals surface area contributed by atoms with Gasteiger partial charge >= 0.3 is 6.01 Å². The van der Waals surface area contributed by atoms with Crippen molar-refractivity contribution in [3.05, 3.63) is 24.3 Å². The second-order valence-electron chi connectivity index (χ2n) is 7.99. The summed E-state index contributed by atoms with van der Waals surface area (Å²) >= 11 is 0. The topological polar surface area (TPSA) is 83.7 Å². The van der Waals surface area contributed by atoms with Crippen LogP contribution in [0.15, 0.2) is 28.8 Å². The van der Waals surface area contributed by atoms with E-state index in [0.29, 0.717) is 24.9 Å². The highest BCUT2D eigenvalue weighted by molar-refractivity contribution is 5.79. The fourth-order valence-electron chi connectivity index (χ4n) is 3.86. The number of hydrogen-bond donors (Lipinski definition) is 1. The van der Waals surface area contributed by atoms with E-state index in [0.717, 1.165) is 50.3 Å². The van der Waals surface area contributed by atoms with Crippen molar-refractivity contribution in [3.8, 4) is 17.1 Å². The second-order valence-corrected chi connectivity index (χ2v) is 7.99. The molecule has 0 aliphatic carbocycles. The molecule has 0 unspecified atom stereocenters. The molecule has 170 valence electrons. The van der Waals surface area contributed by atoms with Gasteiger partial charge in [-0.1, -0.05) is 25.4 Å². The standard InChI is InChI=1S/C23H35N5O3/c1-4-6-14-27(5-2)16-13-24-22(29)19-8-7-15-28(17-19)23-25-21(26-31-23)18-9-11-20(30-3)12-10-18/h9-12,19H,4-8,13-17H2,1-3H3,(H,24,29)/t19-/m1/s1. The van der Waals surface area contributed by atoms with E-state index in [9.17, 15) is 4.79 Å². The van der Waals surface area contributed by atoms with Gasteiger partial charge in [0.1, 0.15) is 5.75 Å². The van der Waals surface area contributed by atoms with Gasteiger partial charge in [-0.2, -0.15) is 4.98 Å². The summed E-state index contributed by atoms with van der Waals surface area (Å²) in [5.41, 5.74) is 0.866. The molecule has 1 aromatic heterocycles. The molecular weight excluding hydrogens is 394 g/mol. The van der Waals surface area contributed by atoms with Gasteiger partial charge in [-0.15, -0.1) is 0 Å². The Kier molecular flexibility index (Phi) is 8.70. The summed E-state index contributed by atoms with van der Waals surface area (Å²) in [6.45, 7) is 9.48. The molecule has 8 heteroatoms. The number of rotatable bonds is 11. The minimum atomic E-state index is -0.0594. The van der Waals surface area contributed by atoms with E-state index in [1.807, 2.05) is 29.2 Å². The number of unbranched alkanes of at least 4 members (excludes halogenated alkanes) is 1. The third kappa shape index (κ3) is 6.43. The van der Waals surface area contributed by atoms with Crippen LogP contribution in [0.2, 0.25) is 0 Å². The van der Waals surface area contributed by atoms with Crippen LogP contribution in [-0.4, -0.2) is 67.3 Å². The molecule has 0 bridgehead atoms. The molecule has 1 saturated heterocycles. The van der Waals surface area contributed by atoms with Crippen LogP contribution >= 0.6 is 0 Å². The number of methoxy groups -OCH3 is 1. The predicted octanol–water partition coefficient (Wildman–Crippen LogP) is 3.20. The number of likely N-dealkylation sites (N-methyl/N-ethyl adjacent to an activating group) is 1. The maximum absolute atomic E-state index is 12.7. The van der Waals surface area contributed by atoms with Gasteiger partial charge in [0.15, 0.2) is 0 Å². The number of carbonyl (C=O) groups is 1. The zero-order valence-corrected chi connectivity index (χ0v) is 19.0. The Morgan fingerprint density at radius 3 is 2.81 bits per heavy atom. The summed E-state index contributed by atoms with van der Waals surface area (Å²) in [7, 11) is 1.64. The number of nitrogens with one attached hydrogen (secondary N) is 1. The second kappa shape index (κ2) is 11.7. The van der Waals surface area contributed by atoms with Crippen molar-refractivity contribution >= 4 is 11.9 Å². The van der Waals surface area contributed by atoms with Crippen LogP contribution in [0.5, 0.6) is 5.75 Å². The van der Waals surface area contributed by atoms with E-state index in [1.165, 1.54) is 12.8 Å². The lowest BCUT2D eigenvalue weighted by Crippen LogP contribution is -2.45. The van der Waals surface area contributed by atoms with Crippen LogP contribution in [0.25, 0.3) is 11.4 Å². The van der Waals surface area contributed by atoms with Crippen molar-refractivity contribution in [1.82, 2.24) is 20.4 Å². The van der Waals surface area contributed by atoms with Gasteiger partial charge in [0.2, 0.25) is 11.7 Å². The molecule has 8 nitrogen and oxygen atoms in total. The lowest BCUT2D eigenvalue weighted by atomic mass is 9.97. The first kappa shape index (κ1) is 23.1. The van der Waals surface area contributed by atoms with Gasteiger partial charge < -0.3 is 24.4 Å². The van der Waals surface area contributed by atoms with Crippen LogP contribution in [0.1, 0.15) is 39.5 Å². The Labute approximate surface area is 184 Å². The van der Waals surface area contributed by atoms with E-state index in [-0.39, 0.29) is 11.8 Å². The van der Waals surface area contributed by atoms with Gasteiger partial charge in [0.05, 0.1) is 13.0 Å². The zero-order valence-electron chi connectivity index (χ0n) is 19.0. The minimum absolute atomic E-state index is 0.0594. The number of aromatic nitrogens is 2. The summed E-state index contributed by atoms with van der Waals surface area (Å²) in [5.74, 6) is 1.38. The summed E-state index contributed by atoms with van der Waals surface area (Å²) in [6, 6.07) is 8.02. The third-order valence-corrected chi connectivity index (χ3v) is 5.83. The van der Waals surface area contributed by atoms with Crippen molar-refractivity contribution in [3.63, 3.8) is 0 Å². The maximum atomic E-state index is 12.7.